The molecule has 3 rings (SSSR count). The topological polar surface area (TPSA) is 70.5 Å². The highest BCUT2D eigenvalue weighted by atomic mass is 32.1. The van der Waals surface area contributed by atoms with E-state index in [-0.39, 0.29) is 24.3 Å². The van der Waals surface area contributed by atoms with Crippen LogP contribution >= 0.6 is 11.3 Å². The van der Waals surface area contributed by atoms with Gasteiger partial charge in [-0.2, -0.15) is 0 Å². The van der Waals surface area contributed by atoms with Gasteiger partial charge in [-0.15, -0.1) is 11.3 Å². The Morgan fingerprint density at radius 2 is 2.17 bits per heavy atom. The fourth-order valence-electron chi connectivity index (χ4n) is 2.90. The molecule has 0 aromatic carbocycles. The highest BCUT2D eigenvalue weighted by Crippen LogP contribution is 2.42. The zero-order valence-corrected chi connectivity index (χ0v) is 14.3. The molecule has 0 fully saturated rings. The lowest BCUT2D eigenvalue weighted by atomic mass is 9.98. The summed E-state index contributed by atoms with van der Waals surface area (Å²) in [5.41, 5.74) is 1.91. The van der Waals surface area contributed by atoms with Crippen LogP contribution in [-0.4, -0.2) is 26.7 Å². The predicted molar refractivity (Wildman–Crippen MR) is 91.5 cm³/mol. The fourth-order valence-corrected chi connectivity index (χ4v) is 3.94. The molecule has 1 unspecified atom stereocenters. The van der Waals surface area contributed by atoms with E-state index < -0.39 is 17.7 Å². The van der Waals surface area contributed by atoms with Crippen LogP contribution in [-0.2, 0) is 16.1 Å². The van der Waals surface area contributed by atoms with Crippen LogP contribution in [0.1, 0.15) is 35.5 Å². The number of amides is 1. The summed E-state index contributed by atoms with van der Waals surface area (Å²) in [5, 5.41) is 12.2. The molecule has 0 spiro atoms. The Kier molecular flexibility index (Phi) is 4.49. The van der Waals surface area contributed by atoms with E-state index >= 15 is 0 Å². The van der Waals surface area contributed by atoms with Gasteiger partial charge in [-0.3, -0.25) is 14.6 Å². The van der Waals surface area contributed by atoms with Crippen LogP contribution in [0.15, 0.2) is 47.2 Å². The first kappa shape index (κ1) is 16.4. The minimum Gasteiger partial charge on any atom is -0.503 e. The standard InChI is InChI=1S/C18H18N2O3S/c1-3-13(21)14-15(17-11(2)7-9-24-17)20(18(23)16(14)22)10-12-6-4-5-8-19-12/h4-9,15,22H,3,10H2,1-2H3. The largest absolute Gasteiger partial charge is 0.503 e. The first-order valence-electron chi connectivity index (χ1n) is 7.75. The van der Waals surface area contributed by atoms with Gasteiger partial charge in [0.2, 0.25) is 0 Å². The zero-order valence-electron chi connectivity index (χ0n) is 13.5. The molecule has 0 aliphatic carbocycles. The van der Waals surface area contributed by atoms with Crippen molar-refractivity contribution in [3.63, 3.8) is 0 Å². The van der Waals surface area contributed by atoms with Crippen molar-refractivity contribution in [2.75, 3.05) is 0 Å². The molecule has 0 saturated heterocycles. The van der Waals surface area contributed by atoms with E-state index in [1.165, 1.54) is 16.2 Å². The molecule has 0 bridgehead atoms. The van der Waals surface area contributed by atoms with Gasteiger partial charge in [0, 0.05) is 17.5 Å². The average molecular weight is 342 g/mol. The summed E-state index contributed by atoms with van der Waals surface area (Å²) in [6, 6.07) is 6.87. The lowest BCUT2D eigenvalue weighted by molar-refractivity contribution is -0.130. The molecule has 24 heavy (non-hydrogen) atoms. The van der Waals surface area contributed by atoms with E-state index in [1.54, 1.807) is 19.2 Å². The third kappa shape index (κ3) is 2.73. The average Bonchev–Trinajstić information content (AvgIpc) is 3.11. The van der Waals surface area contributed by atoms with Gasteiger partial charge in [-0.25, -0.2) is 0 Å². The molecule has 3 heterocycles. The molecule has 1 N–H and O–H groups in total. The van der Waals surface area contributed by atoms with Gasteiger partial charge in [0.1, 0.15) is 0 Å². The number of Topliss-reactive ketones (excluding diaryl/α,β-unsaturated/α-hetero) is 1. The Hall–Kier alpha value is -2.47. The normalized spacial score (nSPS) is 17.7. The molecule has 1 aliphatic heterocycles. The van der Waals surface area contributed by atoms with Gasteiger partial charge < -0.3 is 10.0 Å². The number of hydrogen-bond donors (Lipinski definition) is 1. The van der Waals surface area contributed by atoms with E-state index in [0.717, 1.165) is 10.4 Å². The van der Waals surface area contributed by atoms with Crippen molar-refractivity contribution >= 4 is 23.0 Å². The molecule has 1 amide bonds. The number of carbonyl (C=O) groups is 2. The van der Waals surface area contributed by atoms with Crippen LogP contribution < -0.4 is 0 Å². The molecule has 5 nitrogen and oxygen atoms in total. The number of nitrogens with zero attached hydrogens (tertiary/aromatic N) is 2. The zero-order chi connectivity index (χ0) is 17.3. The molecule has 6 heteroatoms. The molecular weight excluding hydrogens is 324 g/mol. The van der Waals surface area contributed by atoms with E-state index in [2.05, 4.69) is 4.98 Å². The molecule has 124 valence electrons. The Morgan fingerprint density at radius 1 is 1.38 bits per heavy atom. The lowest BCUT2D eigenvalue weighted by Crippen LogP contribution is -2.30. The lowest BCUT2D eigenvalue weighted by Gasteiger charge is -2.26. The van der Waals surface area contributed by atoms with Gasteiger partial charge in [0.05, 0.1) is 23.9 Å². The van der Waals surface area contributed by atoms with Gasteiger partial charge >= 0.3 is 0 Å². The third-order valence-electron chi connectivity index (χ3n) is 4.13. The maximum absolute atomic E-state index is 12.6. The van der Waals surface area contributed by atoms with Crippen molar-refractivity contribution in [3.8, 4) is 0 Å². The Morgan fingerprint density at radius 3 is 2.75 bits per heavy atom. The van der Waals surface area contributed by atoms with Crippen LogP contribution in [0.25, 0.3) is 0 Å². The van der Waals surface area contributed by atoms with Crippen LogP contribution in [0.4, 0.5) is 0 Å². The predicted octanol–water partition coefficient (Wildman–Crippen LogP) is 3.33. The first-order chi connectivity index (χ1) is 11.5. The Bertz CT molecular complexity index is 811. The second kappa shape index (κ2) is 6.57. The SMILES string of the molecule is CCC(=O)C1=C(O)C(=O)N(Cc2ccccn2)C1c1sccc1C. The highest BCUT2D eigenvalue weighted by molar-refractivity contribution is 7.10. The van der Waals surface area contributed by atoms with E-state index in [0.29, 0.717) is 5.69 Å². The summed E-state index contributed by atoms with van der Waals surface area (Å²) in [4.78, 5) is 31.7. The van der Waals surface area contributed by atoms with E-state index in [9.17, 15) is 14.7 Å². The number of aliphatic hydroxyl groups excluding tert-OH is 1. The van der Waals surface area contributed by atoms with Crippen molar-refractivity contribution < 1.29 is 14.7 Å². The van der Waals surface area contributed by atoms with Crippen molar-refractivity contribution in [2.45, 2.75) is 32.9 Å². The van der Waals surface area contributed by atoms with Gasteiger partial charge in [0.25, 0.3) is 5.91 Å². The first-order valence-corrected chi connectivity index (χ1v) is 8.63. The van der Waals surface area contributed by atoms with Crippen molar-refractivity contribution in [1.82, 2.24) is 9.88 Å². The summed E-state index contributed by atoms with van der Waals surface area (Å²) in [5.74, 6) is -1.16. The molecule has 0 saturated carbocycles. The van der Waals surface area contributed by atoms with Crippen molar-refractivity contribution in [1.29, 1.82) is 0 Å². The number of hydrogen-bond acceptors (Lipinski definition) is 5. The van der Waals surface area contributed by atoms with Gasteiger partial charge in [-0.05, 0) is 36.1 Å². The maximum atomic E-state index is 12.6. The van der Waals surface area contributed by atoms with Gasteiger partial charge in [0.15, 0.2) is 11.5 Å². The number of aliphatic hydroxyl groups is 1. The number of aryl methyl sites for hydroxylation is 1. The van der Waals surface area contributed by atoms with Crippen LogP contribution in [0.2, 0.25) is 0 Å². The summed E-state index contributed by atoms with van der Waals surface area (Å²) in [6.07, 6.45) is 1.90. The molecule has 1 atom stereocenters. The number of carbonyl (C=O) groups excluding carboxylic acids is 2. The highest BCUT2D eigenvalue weighted by Gasteiger charge is 2.44. The van der Waals surface area contributed by atoms with E-state index in [1.807, 2.05) is 30.5 Å². The summed E-state index contributed by atoms with van der Waals surface area (Å²) in [7, 11) is 0. The van der Waals surface area contributed by atoms with Crippen molar-refractivity contribution in [2.24, 2.45) is 0 Å². The summed E-state index contributed by atoms with van der Waals surface area (Å²) < 4.78 is 0. The quantitative estimate of drug-likeness (QED) is 0.905. The molecular formula is C18H18N2O3S. The number of aromatic nitrogens is 1. The number of ketones is 1. The van der Waals surface area contributed by atoms with Gasteiger partial charge in [-0.1, -0.05) is 13.0 Å². The second-order valence-corrected chi connectivity index (χ2v) is 6.61. The Balaban J connectivity index is 2.06. The number of pyridine rings is 1. The smallest absolute Gasteiger partial charge is 0.290 e. The third-order valence-corrected chi connectivity index (χ3v) is 5.21. The molecule has 1 aliphatic rings. The van der Waals surface area contributed by atoms with Crippen LogP contribution in [0.3, 0.4) is 0 Å². The molecule has 2 aromatic heterocycles. The minimum absolute atomic E-state index is 0.198. The van der Waals surface area contributed by atoms with Crippen LogP contribution in [0.5, 0.6) is 0 Å². The second-order valence-electron chi connectivity index (χ2n) is 5.66. The fraction of sp³-hybridized carbons (Fsp3) is 0.278. The number of rotatable bonds is 5. The maximum Gasteiger partial charge on any atom is 0.290 e. The summed E-state index contributed by atoms with van der Waals surface area (Å²) in [6.45, 7) is 3.91. The monoisotopic (exact) mass is 342 g/mol. The van der Waals surface area contributed by atoms with Crippen molar-refractivity contribution in [3.05, 3.63) is 63.3 Å². The van der Waals surface area contributed by atoms with Crippen LogP contribution in [0, 0.1) is 6.92 Å². The molecule has 0 radical (unpaired) electrons. The minimum atomic E-state index is -0.549. The molecule has 2 aromatic rings. The summed E-state index contributed by atoms with van der Waals surface area (Å²) >= 11 is 1.49. The van der Waals surface area contributed by atoms with E-state index in [4.69, 9.17) is 0 Å². The Labute approximate surface area is 144 Å². The number of thiophene rings is 1.